The summed E-state index contributed by atoms with van der Waals surface area (Å²) in [5, 5.41) is 12.6. The van der Waals surface area contributed by atoms with E-state index in [0.717, 1.165) is 5.56 Å². The second-order valence-corrected chi connectivity index (χ2v) is 6.11. The number of phenols is 1. The predicted octanol–water partition coefficient (Wildman–Crippen LogP) is 2.77. The van der Waals surface area contributed by atoms with Crippen molar-refractivity contribution in [3.63, 3.8) is 0 Å². The first-order chi connectivity index (χ1) is 9.30. The summed E-state index contributed by atoms with van der Waals surface area (Å²) in [6.45, 7) is 6.90. The molecule has 1 fully saturated rings. The fourth-order valence-corrected chi connectivity index (χ4v) is 2.17. The Hall–Kier alpha value is -1.91. The molecule has 5 heteroatoms. The molecule has 0 aliphatic carbocycles. The molecule has 0 aromatic heterocycles. The summed E-state index contributed by atoms with van der Waals surface area (Å²) in [4.78, 5) is 13.5. The predicted molar refractivity (Wildman–Crippen MR) is 78.2 cm³/mol. The van der Waals surface area contributed by atoms with Crippen molar-refractivity contribution in [2.75, 3.05) is 25.5 Å². The van der Waals surface area contributed by atoms with Gasteiger partial charge in [0.15, 0.2) is 0 Å². The van der Waals surface area contributed by atoms with E-state index in [-0.39, 0.29) is 11.8 Å². The maximum Gasteiger partial charge on any atom is 0.410 e. The van der Waals surface area contributed by atoms with Gasteiger partial charge in [-0.05, 0) is 38.5 Å². The van der Waals surface area contributed by atoms with Crippen molar-refractivity contribution in [2.45, 2.75) is 32.3 Å². The Morgan fingerprint density at radius 3 is 2.60 bits per heavy atom. The van der Waals surface area contributed by atoms with Crippen LogP contribution in [0.15, 0.2) is 18.2 Å². The molecular formula is C15H22N2O3. The number of nitrogens with one attached hydrogen (secondary N) is 1. The van der Waals surface area contributed by atoms with E-state index < -0.39 is 5.60 Å². The van der Waals surface area contributed by atoms with Crippen LogP contribution in [0.2, 0.25) is 0 Å². The molecule has 1 aromatic rings. The highest BCUT2D eigenvalue weighted by Gasteiger charge is 2.34. The molecule has 1 heterocycles. The molecule has 1 saturated heterocycles. The van der Waals surface area contributed by atoms with E-state index in [4.69, 9.17) is 4.74 Å². The lowest BCUT2D eigenvalue weighted by Gasteiger charge is -2.40. The average molecular weight is 278 g/mol. The number of carbonyl (C=O) groups excluding carboxylic acids is 1. The van der Waals surface area contributed by atoms with Crippen molar-refractivity contribution in [1.82, 2.24) is 4.90 Å². The van der Waals surface area contributed by atoms with Crippen molar-refractivity contribution in [3.8, 4) is 5.75 Å². The molecule has 0 atom stereocenters. The summed E-state index contributed by atoms with van der Waals surface area (Å²) in [5.41, 5.74) is 1.37. The summed E-state index contributed by atoms with van der Waals surface area (Å²) in [5.74, 6) is 0.537. The van der Waals surface area contributed by atoms with Crippen LogP contribution < -0.4 is 5.32 Å². The van der Waals surface area contributed by atoms with Crippen LogP contribution in [0.5, 0.6) is 5.75 Å². The van der Waals surface area contributed by atoms with Crippen LogP contribution in [0, 0.1) is 0 Å². The molecule has 1 aliphatic heterocycles. The summed E-state index contributed by atoms with van der Waals surface area (Å²) < 4.78 is 5.32. The maximum absolute atomic E-state index is 11.8. The van der Waals surface area contributed by atoms with Gasteiger partial charge in [0.25, 0.3) is 0 Å². The lowest BCUT2D eigenvalue weighted by Crippen LogP contribution is -2.50. The Kier molecular flexibility index (Phi) is 3.79. The smallest absolute Gasteiger partial charge is 0.410 e. The third-order valence-corrected chi connectivity index (χ3v) is 3.29. The normalized spacial score (nSPS) is 15.7. The molecule has 2 rings (SSSR count). The number of rotatable bonds is 2. The first kappa shape index (κ1) is 14.5. The zero-order chi connectivity index (χ0) is 14.9. The number of anilines is 1. The van der Waals surface area contributed by atoms with Crippen molar-refractivity contribution in [3.05, 3.63) is 23.8 Å². The SMILES string of the molecule is CNc1cc(C2CN(C(=O)OC(C)(C)C)C2)ccc1O. The van der Waals surface area contributed by atoms with E-state index in [1.807, 2.05) is 32.9 Å². The average Bonchev–Trinajstić information content (AvgIpc) is 2.26. The molecule has 1 aliphatic rings. The van der Waals surface area contributed by atoms with Gasteiger partial charge >= 0.3 is 6.09 Å². The van der Waals surface area contributed by atoms with Gasteiger partial charge in [-0.25, -0.2) is 4.79 Å². The van der Waals surface area contributed by atoms with E-state index >= 15 is 0 Å². The Morgan fingerprint density at radius 1 is 1.40 bits per heavy atom. The molecular weight excluding hydrogens is 256 g/mol. The minimum Gasteiger partial charge on any atom is -0.506 e. The third kappa shape index (κ3) is 3.15. The third-order valence-electron chi connectivity index (χ3n) is 3.29. The fourth-order valence-electron chi connectivity index (χ4n) is 2.17. The Balaban J connectivity index is 1.95. The van der Waals surface area contributed by atoms with Crippen LogP contribution in [-0.4, -0.2) is 41.8 Å². The fraction of sp³-hybridized carbons (Fsp3) is 0.533. The summed E-state index contributed by atoms with van der Waals surface area (Å²) in [6, 6.07) is 5.50. The number of likely N-dealkylation sites (tertiary alicyclic amines) is 1. The van der Waals surface area contributed by atoms with Gasteiger partial charge in [0, 0.05) is 26.1 Å². The van der Waals surface area contributed by atoms with Gasteiger partial charge in [0.2, 0.25) is 0 Å². The molecule has 1 amide bonds. The van der Waals surface area contributed by atoms with Gasteiger partial charge in [0.05, 0.1) is 5.69 Å². The van der Waals surface area contributed by atoms with Gasteiger partial charge in [-0.3, -0.25) is 0 Å². The second-order valence-electron chi connectivity index (χ2n) is 6.11. The van der Waals surface area contributed by atoms with Gasteiger partial charge in [-0.1, -0.05) is 6.07 Å². The summed E-state index contributed by atoms with van der Waals surface area (Å²) in [6.07, 6.45) is -0.263. The van der Waals surface area contributed by atoms with Crippen LogP contribution in [0.3, 0.4) is 0 Å². The van der Waals surface area contributed by atoms with Gasteiger partial charge in [-0.15, -0.1) is 0 Å². The Bertz CT molecular complexity index is 502. The van der Waals surface area contributed by atoms with E-state index in [9.17, 15) is 9.90 Å². The Labute approximate surface area is 119 Å². The van der Waals surface area contributed by atoms with Crippen LogP contribution in [0.1, 0.15) is 32.3 Å². The number of phenolic OH excluding ortho intramolecular Hbond substituents is 1. The topological polar surface area (TPSA) is 61.8 Å². The number of benzene rings is 1. The highest BCUT2D eigenvalue weighted by molar-refractivity contribution is 5.70. The van der Waals surface area contributed by atoms with Gasteiger partial charge in [-0.2, -0.15) is 0 Å². The lowest BCUT2D eigenvalue weighted by molar-refractivity contribution is 0.00819. The molecule has 1 aromatic carbocycles. The molecule has 5 nitrogen and oxygen atoms in total. The molecule has 20 heavy (non-hydrogen) atoms. The second kappa shape index (κ2) is 5.23. The van der Waals surface area contributed by atoms with Crippen molar-refractivity contribution in [1.29, 1.82) is 0 Å². The molecule has 0 unspecified atom stereocenters. The molecule has 0 spiro atoms. The monoisotopic (exact) mass is 278 g/mol. The molecule has 2 N–H and O–H groups in total. The maximum atomic E-state index is 11.8. The number of amides is 1. The van der Waals surface area contributed by atoms with E-state index in [1.54, 1.807) is 18.0 Å². The first-order valence-electron chi connectivity index (χ1n) is 6.79. The molecule has 0 saturated carbocycles. The zero-order valence-corrected chi connectivity index (χ0v) is 12.4. The van der Waals surface area contributed by atoms with Crippen LogP contribution in [0.25, 0.3) is 0 Å². The highest BCUT2D eigenvalue weighted by atomic mass is 16.6. The van der Waals surface area contributed by atoms with Crippen LogP contribution in [0.4, 0.5) is 10.5 Å². The molecule has 110 valence electrons. The molecule has 0 bridgehead atoms. The minimum absolute atomic E-state index is 0.236. The van der Waals surface area contributed by atoms with Gasteiger partial charge < -0.3 is 20.1 Å². The number of carbonyl (C=O) groups is 1. The summed E-state index contributed by atoms with van der Waals surface area (Å²) in [7, 11) is 1.77. The van der Waals surface area contributed by atoms with Crippen molar-refractivity contribution in [2.24, 2.45) is 0 Å². The van der Waals surface area contributed by atoms with Gasteiger partial charge in [0.1, 0.15) is 11.4 Å². The Morgan fingerprint density at radius 2 is 2.05 bits per heavy atom. The standard InChI is InChI=1S/C15H22N2O3/c1-15(2,3)20-14(19)17-8-11(9-17)10-5-6-13(18)12(7-10)16-4/h5-7,11,16,18H,8-9H2,1-4H3. The van der Waals surface area contributed by atoms with Crippen molar-refractivity contribution >= 4 is 11.8 Å². The molecule has 0 radical (unpaired) electrons. The van der Waals surface area contributed by atoms with E-state index in [2.05, 4.69) is 5.32 Å². The van der Waals surface area contributed by atoms with Crippen molar-refractivity contribution < 1.29 is 14.6 Å². The number of hydrogen-bond donors (Lipinski definition) is 2. The summed E-state index contributed by atoms with van der Waals surface area (Å²) >= 11 is 0. The minimum atomic E-state index is -0.458. The number of nitrogens with zero attached hydrogens (tertiary/aromatic N) is 1. The number of aromatic hydroxyl groups is 1. The van der Waals surface area contributed by atoms with E-state index in [1.165, 1.54) is 0 Å². The largest absolute Gasteiger partial charge is 0.506 e. The number of ether oxygens (including phenoxy) is 1. The zero-order valence-electron chi connectivity index (χ0n) is 12.4. The van der Waals surface area contributed by atoms with Crippen LogP contribution >= 0.6 is 0 Å². The highest BCUT2D eigenvalue weighted by Crippen LogP contribution is 2.33. The van der Waals surface area contributed by atoms with Crippen LogP contribution in [-0.2, 0) is 4.74 Å². The van der Waals surface area contributed by atoms with E-state index in [0.29, 0.717) is 24.7 Å². The quantitative estimate of drug-likeness (QED) is 0.817. The number of hydrogen-bond acceptors (Lipinski definition) is 4. The lowest BCUT2D eigenvalue weighted by atomic mass is 9.91. The first-order valence-corrected chi connectivity index (χ1v) is 6.79.